The van der Waals surface area contributed by atoms with Crippen LogP contribution >= 0.6 is 11.6 Å². The highest BCUT2D eigenvalue weighted by Crippen LogP contribution is 2.43. The van der Waals surface area contributed by atoms with Gasteiger partial charge < -0.3 is 4.57 Å². The molecule has 1 aliphatic rings. The SMILES string of the molecule is CCn1cc(C(F)(F)F)nc1-c1ccc(CN2C(=O)CCn3nc(-c4c(Cl)cnn4C(C)C)c([N+](=O)[O-])c32)cc1. The van der Waals surface area contributed by atoms with E-state index in [1.54, 1.807) is 35.9 Å². The van der Waals surface area contributed by atoms with E-state index in [1.807, 2.05) is 13.8 Å². The quantitative estimate of drug-likeness (QED) is 0.205. The molecular formula is C25H24ClF3N8O3. The monoisotopic (exact) mass is 576 g/mol. The van der Waals surface area contributed by atoms with Crippen LogP contribution in [0.5, 0.6) is 0 Å². The molecule has 0 atom stereocenters. The summed E-state index contributed by atoms with van der Waals surface area (Å²) in [5.74, 6) is -0.136. The fraction of sp³-hybridized carbons (Fsp3) is 0.360. The van der Waals surface area contributed by atoms with Gasteiger partial charge in [0.2, 0.25) is 11.7 Å². The summed E-state index contributed by atoms with van der Waals surface area (Å²) in [6, 6.07) is 6.36. The maximum absolute atomic E-state index is 13.2. The van der Waals surface area contributed by atoms with E-state index < -0.39 is 16.8 Å². The van der Waals surface area contributed by atoms with Crippen molar-refractivity contribution in [2.24, 2.45) is 0 Å². The number of fused-ring (bicyclic) bond motifs is 1. The van der Waals surface area contributed by atoms with E-state index in [9.17, 15) is 28.1 Å². The second-order valence-corrected chi connectivity index (χ2v) is 9.95. The van der Waals surface area contributed by atoms with Crippen LogP contribution in [0.2, 0.25) is 5.02 Å². The lowest BCUT2D eigenvalue weighted by molar-refractivity contribution is -0.383. The highest BCUT2D eigenvalue weighted by molar-refractivity contribution is 6.33. The number of imidazole rings is 1. The van der Waals surface area contributed by atoms with Crippen LogP contribution in [0.1, 0.15) is 44.5 Å². The molecule has 3 aromatic heterocycles. The number of carbonyl (C=O) groups excluding carboxylic acids is 1. The van der Waals surface area contributed by atoms with E-state index in [2.05, 4.69) is 15.2 Å². The molecule has 0 fully saturated rings. The van der Waals surface area contributed by atoms with Crippen LogP contribution in [0.3, 0.4) is 0 Å². The zero-order valence-electron chi connectivity index (χ0n) is 21.7. The van der Waals surface area contributed by atoms with Crippen LogP contribution in [0.4, 0.5) is 24.7 Å². The molecule has 1 amide bonds. The lowest BCUT2D eigenvalue weighted by Crippen LogP contribution is -2.37. The van der Waals surface area contributed by atoms with E-state index in [-0.39, 0.29) is 71.7 Å². The first-order valence-corrected chi connectivity index (χ1v) is 12.8. The van der Waals surface area contributed by atoms with Gasteiger partial charge in [0.15, 0.2) is 11.4 Å². The smallest absolute Gasteiger partial charge is 0.331 e. The molecule has 4 heterocycles. The number of halogens is 4. The zero-order chi connectivity index (χ0) is 28.9. The van der Waals surface area contributed by atoms with Gasteiger partial charge in [-0.15, -0.1) is 0 Å². The Balaban J connectivity index is 1.52. The standard InChI is InChI=1S/C25H24ClF3N8O3/c1-4-33-13-18(25(27,28)29)31-23(33)16-7-5-15(6-8-16)12-34-19(38)9-10-35-24(34)22(37(39)40)20(32-35)21-17(26)11-30-36(21)14(2)3/h5-8,11,13-14H,4,9-10,12H2,1-3H3. The van der Waals surface area contributed by atoms with E-state index in [1.165, 1.54) is 20.3 Å². The van der Waals surface area contributed by atoms with Gasteiger partial charge in [0.05, 0.1) is 29.2 Å². The first-order chi connectivity index (χ1) is 18.9. The Morgan fingerprint density at radius 3 is 2.50 bits per heavy atom. The molecule has 210 valence electrons. The van der Waals surface area contributed by atoms with Gasteiger partial charge in [0.25, 0.3) is 0 Å². The number of anilines is 1. The van der Waals surface area contributed by atoms with Crippen molar-refractivity contribution in [2.75, 3.05) is 4.90 Å². The zero-order valence-corrected chi connectivity index (χ0v) is 22.4. The van der Waals surface area contributed by atoms with Gasteiger partial charge in [0, 0.05) is 30.8 Å². The third-order valence-electron chi connectivity index (χ3n) is 6.60. The molecule has 0 bridgehead atoms. The van der Waals surface area contributed by atoms with E-state index in [0.717, 1.165) is 6.20 Å². The fourth-order valence-corrected chi connectivity index (χ4v) is 4.95. The van der Waals surface area contributed by atoms with Crippen molar-refractivity contribution in [1.82, 2.24) is 29.1 Å². The normalized spacial score (nSPS) is 13.8. The number of carbonyl (C=O) groups is 1. The van der Waals surface area contributed by atoms with E-state index >= 15 is 0 Å². The van der Waals surface area contributed by atoms with E-state index in [0.29, 0.717) is 11.1 Å². The Hall–Kier alpha value is -4.20. The molecule has 0 spiro atoms. The Morgan fingerprint density at radius 2 is 1.90 bits per heavy atom. The average Bonchev–Trinajstić information content (AvgIpc) is 3.60. The molecule has 0 aliphatic carbocycles. The Kier molecular flexibility index (Phi) is 6.90. The van der Waals surface area contributed by atoms with Crippen LogP contribution < -0.4 is 4.90 Å². The summed E-state index contributed by atoms with van der Waals surface area (Å²) in [5, 5.41) is 21.2. The molecule has 0 N–H and O–H groups in total. The van der Waals surface area contributed by atoms with Gasteiger partial charge in [-0.05, 0) is 26.3 Å². The first-order valence-electron chi connectivity index (χ1n) is 12.4. The highest BCUT2D eigenvalue weighted by Gasteiger charge is 2.40. The number of benzene rings is 1. The number of hydrogen-bond donors (Lipinski definition) is 0. The summed E-state index contributed by atoms with van der Waals surface area (Å²) in [4.78, 5) is 29.9. The van der Waals surface area contributed by atoms with Gasteiger partial charge in [-0.2, -0.15) is 23.4 Å². The third kappa shape index (κ3) is 4.72. The van der Waals surface area contributed by atoms with Crippen LogP contribution in [-0.2, 0) is 30.6 Å². The average molecular weight is 577 g/mol. The predicted molar refractivity (Wildman–Crippen MR) is 140 cm³/mol. The Labute approximate surface area is 230 Å². The minimum atomic E-state index is -4.57. The minimum absolute atomic E-state index is 0.0121. The second kappa shape index (κ2) is 10.1. The van der Waals surface area contributed by atoms with Crippen molar-refractivity contribution in [3.63, 3.8) is 0 Å². The minimum Gasteiger partial charge on any atom is -0.331 e. The molecule has 15 heteroatoms. The molecule has 40 heavy (non-hydrogen) atoms. The topological polar surface area (TPSA) is 117 Å². The summed E-state index contributed by atoms with van der Waals surface area (Å²) in [6.07, 6.45) is -2.14. The molecule has 0 saturated heterocycles. The Bertz CT molecular complexity index is 1600. The van der Waals surface area contributed by atoms with Crippen LogP contribution in [0.15, 0.2) is 36.7 Å². The van der Waals surface area contributed by atoms with Crippen molar-refractivity contribution in [2.45, 2.75) is 59.0 Å². The molecule has 11 nitrogen and oxygen atoms in total. The lowest BCUT2D eigenvalue weighted by atomic mass is 10.1. The summed E-state index contributed by atoms with van der Waals surface area (Å²) in [6.45, 7) is 5.85. The summed E-state index contributed by atoms with van der Waals surface area (Å²) in [7, 11) is 0. The van der Waals surface area contributed by atoms with Gasteiger partial charge in [-0.1, -0.05) is 35.9 Å². The maximum Gasteiger partial charge on any atom is 0.434 e. The second-order valence-electron chi connectivity index (χ2n) is 9.54. The number of aryl methyl sites for hydroxylation is 2. The van der Waals surface area contributed by atoms with E-state index in [4.69, 9.17) is 11.6 Å². The van der Waals surface area contributed by atoms with Gasteiger partial charge in [0.1, 0.15) is 11.5 Å². The van der Waals surface area contributed by atoms with Crippen LogP contribution in [-0.4, -0.2) is 39.9 Å². The van der Waals surface area contributed by atoms with Crippen molar-refractivity contribution < 1.29 is 22.9 Å². The van der Waals surface area contributed by atoms with Crippen molar-refractivity contribution >= 4 is 29.0 Å². The first kappa shape index (κ1) is 27.4. The largest absolute Gasteiger partial charge is 0.434 e. The van der Waals surface area contributed by atoms with Gasteiger partial charge in [-0.25, -0.2) is 9.67 Å². The van der Waals surface area contributed by atoms with Crippen molar-refractivity contribution in [3.8, 4) is 22.8 Å². The molecule has 4 aromatic rings. The molecule has 1 aliphatic heterocycles. The summed E-state index contributed by atoms with van der Waals surface area (Å²) in [5.41, 5.74) is 0.0190. The Morgan fingerprint density at radius 1 is 1.20 bits per heavy atom. The fourth-order valence-electron chi connectivity index (χ4n) is 4.73. The van der Waals surface area contributed by atoms with Gasteiger partial charge in [-0.3, -0.25) is 24.5 Å². The molecule has 0 radical (unpaired) electrons. The predicted octanol–water partition coefficient (Wildman–Crippen LogP) is 5.73. The number of alkyl halides is 3. The highest BCUT2D eigenvalue weighted by atomic mass is 35.5. The lowest BCUT2D eigenvalue weighted by Gasteiger charge is -2.26. The maximum atomic E-state index is 13.2. The van der Waals surface area contributed by atoms with Crippen LogP contribution in [0.25, 0.3) is 22.8 Å². The number of amides is 1. The molecule has 0 saturated carbocycles. The number of aromatic nitrogens is 6. The summed E-state index contributed by atoms with van der Waals surface area (Å²) >= 11 is 6.37. The summed E-state index contributed by atoms with van der Waals surface area (Å²) < 4.78 is 44.0. The van der Waals surface area contributed by atoms with Gasteiger partial charge >= 0.3 is 11.9 Å². The molecule has 0 unspecified atom stereocenters. The number of nitrogens with zero attached hydrogens (tertiary/aromatic N) is 8. The number of rotatable bonds is 7. The molecule has 5 rings (SSSR count). The number of nitro groups is 1. The van der Waals surface area contributed by atoms with Crippen molar-refractivity contribution in [3.05, 3.63) is 63.1 Å². The van der Waals surface area contributed by atoms with Crippen LogP contribution in [0, 0.1) is 10.1 Å². The molecule has 1 aromatic carbocycles. The van der Waals surface area contributed by atoms with Crippen molar-refractivity contribution in [1.29, 1.82) is 0 Å². The number of hydrogen-bond acceptors (Lipinski definition) is 6. The molecular weight excluding hydrogens is 553 g/mol. The third-order valence-corrected chi connectivity index (χ3v) is 6.88.